The van der Waals surface area contributed by atoms with Crippen LogP contribution >= 0.6 is 24.0 Å². The first-order valence-corrected chi connectivity index (χ1v) is 6.95. The highest BCUT2D eigenvalue weighted by molar-refractivity contribution is 14.0. The molecule has 0 saturated carbocycles. The fourth-order valence-electron chi connectivity index (χ4n) is 1.62. The van der Waals surface area contributed by atoms with Crippen molar-refractivity contribution in [1.82, 2.24) is 10.6 Å². The van der Waals surface area contributed by atoms with E-state index in [1.165, 1.54) is 13.5 Å². The van der Waals surface area contributed by atoms with Gasteiger partial charge in [0.2, 0.25) is 0 Å². The third-order valence-electron chi connectivity index (χ3n) is 2.96. The lowest BCUT2D eigenvalue weighted by atomic mass is 10.0. The van der Waals surface area contributed by atoms with Crippen LogP contribution in [-0.2, 0) is 9.53 Å². The summed E-state index contributed by atoms with van der Waals surface area (Å²) in [5.41, 5.74) is 0. The summed E-state index contributed by atoms with van der Waals surface area (Å²) in [4.78, 5) is 15.4. The molecule has 0 aliphatic rings. The quantitative estimate of drug-likeness (QED) is 0.299. The van der Waals surface area contributed by atoms with E-state index in [1.54, 1.807) is 7.05 Å². The van der Waals surface area contributed by atoms with E-state index in [0.717, 1.165) is 12.4 Å². The van der Waals surface area contributed by atoms with Gasteiger partial charge in [-0.25, -0.2) is 0 Å². The normalized spacial score (nSPS) is 14.2. The molecule has 2 unspecified atom stereocenters. The van der Waals surface area contributed by atoms with Crippen LogP contribution in [0.4, 0.5) is 0 Å². The fourth-order valence-corrected chi connectivity index (χ4v) is 1.62. The maximum atomic E-state index is 11.3. The van der Waals surface area contributed by atoms with Crippen LogP contribution in [0.1, 0.15) is 40.5 Å². The molecule has 2 N–H and O–H groups in total. The number of hydrogen-bond acceptors (Lipinski definition) is 3. The third-order valence-corrected chi connectivity index (χ3v) is 2.96. The fraction of sp³-hybridized carbons (Fsp3) is 0.857. The molecule has 0 aromatic carbocycles. The highest BCUT2D eigenvalue weighted by Gasteiger charge is 2.14. The van der Waals surface area contributed by atoms with Gasteiger partial charge in [0.15, 0.2) is 5.96 Å². The Labute approximate surface area is 140 Å². The molecule has 0 fully saturated rings. The van der Waals surface area contributed by atoms with Gasteiger partial charge in [0, 0.05) is 19.6 Å². The summed E-state index contributed by atoms with van der Waals surface area (Å²) in [6, 6.07) is 0.363. The highest BCUT2D eigenvalue weighted by Crippen LogP contribution is 2.06. The lowest BCUT2D eigenvalue weighted by Crippen LogP contribution is -2.44. The highest BCUT2D eigenvalue weighted by atomic mass is 127. The number of esters is 1. The molecular weight excluding hydrogens is 369 g/mol. The number of aliphatic imine (C=N–C) groups is 1. The number of hydrogen-bond donors (Lipinski definition) is 2. The summed E-state index contributed by atoms with van der Waals surface area (Å²) in [5.74, 6) is 1.04. The van der Waals surface area contributed by atoms with E-state index in [4.69, 9.17) is 0 Å². The predicted octanol–water partition coefficient (Wildman–Crippen LogP) is 2.40. The minimum atomic E-state index is -0.212. The SMILES string of the molecule is CN=C(NCC(C)C(=O)OC)NC(C)CCC(C)C.I. The summed E-state index contributed by atoms with van der Waals surface area (Å²) in [5, 5.41) is 6.46. The van der Waals surface area contributed by atoms with Crippen LogP contribution in [0, 0.1) is 11.8 Å². The molecule has 0 rings (SSSR count). The van der Waals surface area contributed by atoms with Crippen molar-refractivity contribution >= 4 is 35.9 Å². The summed E-state index contributed by atoms with van der Waals surface area (Å²) in [6.07, 6.45) is 2.29. The van der Waals surface area contributed by atoms with Crippen LogP contribution in [0.3, 0.4) is 0 Å². The maximum absolute atomic E-state index is 11.3. The smallest absolute Gasteiger partial charge is 0.310 e. The topological polar surface area (TPSA) is 62.7 Å². The second kappa shape index (κ2) is 12.2. The molecule has 0 aliphatic carbocycles. The minimum Gasteiger partial charge on any atom is -0.469 e. The van der Waals surface area contributed by atoms with E-state index in [0.29, 0.717) is 18.5 Å². The van der Waals surface area contributed by atoms with Gasteiger partial charge in [-0.2, -0.15) is 0 Å². The Morgan fingerprint density at radius 2 is 1.80 bits per heavy atom. The Morgan fingerprint density at radius 1 is 1.20 bits per heavy atom. The van der Waals surface area contributed by atoms with Crippen molar-refractivity contribution in [3.8, 4) is 0 Å². The standard InChI is InChI=1S/C14H29N3O2.HI/c1-10(2)7-8-12(4)17-14(15-5)16-9-11(3)13(18)19-6;/h10-12H,7-9H2,1-6H3,(H2,15,16,17);1H. The van der Waals surface area contributed by atoms with Crippen molar-refractivity contribution in [3.05, 3.63) is 0 Å². The Morgan fingerprint density at radius 3 is 2.25 bits per heavy atom. The number of carbonyl (C=O) groups excluding carboxylic acids is 1. The van der Waals surface area contributed by atoms with Crippen LogP contribution < -0.4 is 10.6 Å². The van der Waals surface area contributed by atoms with Gasteiger partial charge in [-0.05, 0) is 25.7 Å². The van der Waals surface area contributed by atoms with E-state index >= 15 is 0 Å². The van der Waals surface area contributed by atoms with Gasteiger partial charge >= 0.3 is 5.97 Å². The van der Waals surface area contributed by atoms with Gasteiger partial charge < -0.3 is 15.4 Å². The molecule has 0 aromatic heterocycles. The molecule has 2 atom stereocenters. The van der Waals surface area contributed by atoms with Crippen molar-refractivity contribution in [2.45, 2.75) is 46.6 Å². The first kappa shape index (κ1) is 21.8. The Hall–Kier alpha value is -0.530. The second-order valence-corrected chi connectivity index (χ2v) is 5.39. The first-order chi connectivity index (χ1) is 8.90. The summed E-state index contributed by atoms with van der Waals surface area (Å²) < 4.78 is 4.68. The van der Waals surface area contributed by atoms with Crippen molar-refractivity contribution in [3.63, 3.8) is 0 Å². The van der Waals surface area contributed by atoms with E-state index in [2.05, 4.69) is 41.1 Å². The average Bonchev–Trinajstić information content (AvgIpc) is 2.39. The van der Waals surface area contributed by atoms with Crippen molar-refractivity contribution in [1.29, 1.82) is 0 Å². The predicted molar refractivity (Wildman–Crippen MR) is 94.6 cm³/mol. The Balaban J connectivity index is 0. The maximum Gasteiger partial charge on any atom is 0.310 e. The van der Waals surface area contributed by atoms with Gasteiger partial charge in [0.1, 0.15) is 0 Å². The Bertz CT molecular complexity index is 296. The molecule has 20 heavy (non-hydrogen) atoms. The molecule has 0 saturated heterocycles. The van der Waals surface area contributed by atoms with Gasteiger partial charge in [0.25, 0.3) is 0 Å². The molecule has 0 aromatic rings. The van der Waals surface area contributed by atoms with Gasteiger partial charge in [0.05, 0.1) is 13.0 Å². The van der Waals surface area contributed by atoms with Crippen LogP contribution in [0.15, 0.2) is 4.99 Å². The molecule has 0 spiro atoms. The summed E-state index contributed by atoms with van der Waals surface area (Å²) >= 11 is 0. The summed E-state index contributed by atoms with van der Waals surface area (Å²) in [7, 11) is 3.13. The van der Waals surface area contributed by atoms with Crippen LogP contribution in [0.25, 0.3) is 0 Å². The summed E-state index contributed by atoms with van der Waals surface area (Å²) in [6.45, 7) is 8.92. The number of halogens is 1. The van der Waals surface area contributed by atoms with Gasteiger partial charge in [-0.1, -0.05) is 20.8 Å². The largest absolute Gasteiger partial charge is 0.469 e. The average molecular weight is 399 g/mol. The van der Waals surface area contributed by atoms with E-state index in [-0.39, 0.29) is 35.9 Å². The number of nitrogens with zero attached hydrogens (tertiary/aromatic N) is 1. The molecule has 0 amide bonds. The van der Waals surface area contributed by atoms with Crippen LogP contribution in [-0.4, -0.2) is 38.7 Å². The third kappa shape index (κ3) is 10.3. The molecule has 120 valence electrons. The number of ether oxygens (including phenoxy) is 1. The van der Waals surface area contributed by atoms with E-state index < -0.39 is 0 Å². The zero-order valence-electron chi connectivity index (χ0n) is 13.5. The first-order valence-electron chi connectivity index (χ1n) is 6.95. The van der Waals surface area contributed by atoms with Gasteiger partial charge in [-0.15, -0.1) is 24.0 Å². The lowest BCUT2D eigenvalue weighted by molar-refractivity contribution is -0.144. The molecule has 0 aliphatic heterocycles. The Kier molecular flexibility index (Phi) is 13.3. The molecule has 5 nitrogen and oxygen atoms in total. The van der Waals surface area contributed by atoms with Gasteiger partial charge in [-0.3, -0.25) is 9.79 Å². The minimum absolute atomic E-state index is 0. The monoisotopic (exact) mass is 399 g/mol. The number of methoxy groups -OCH3 is 1. The molecule has 0 bridgehead atoms. The number of guanidine groups is 1. The van der Waals surface area contributed by atoms with Crippen molar-refractivity contribution in [2.24, 2.45) is 16.8 Å². The van der Waals surface area contributed by atoms with E-state index in [1.807, 2.05) is 6.92 Å². The zero-order chi connectivity index (χ0) is 14.8. The zero-order valence-corrected chi connectivity index (χ0v) is 15.9. The van der Waals surface area contributed by atoms with E-state index in [9.17, 15) is 4.79 Å². The molecular formula is C14H30IN3O2. The molecule has 0 heterocycles. The van der Waals surface area contributed by atoms with Crippen molar-refractivity contribution in [2.75, 3.05) is 20.7 Å². The van der Waals surface area contributed by atoms with Crippen LogP contribution in [0.2, 0.25) is 0 Å². The number of carbonyl (C=O) groups is 1. The molecule has 0 radical (unpaired) electrons. The second-order valence-electron chi connectivity index (χ2n) is 5.39. The number of nitrogens with one attached hydrogen (secondary N) is 2. The lowest BCUT2D eigenvalue weighted by Gasteiger charge is -2.19. The van der Waals surface area contributed by atoms with Crippen molar-refractivity contribution < 1.29 is 9.53 Å². The van der Waals surface area contributed by atoms with Crippen LogP contribution in [0.5, 0.6) is 0 Å². The number of rotatable bonds is 7. The molecule has 6 heteroatoms.